The van der Waals surface area contributed by atoms with E-state index in [-0.39, 0.29) is 11.6 Å². The number of nitrogen functional groups attached to an aromatic ring is 1. The molecule has 0 fully saturated rings. The molecule has 0 saturated carbocycles. The van der Waals surface area contributed by atoms with E-state index >= 15 is 0 Å². The third kappa shape index (κ3) is 2.27. The molecule has 1 aromatic carbocycles. The number of rotatable bonds is 3. The first-order chi connectivity index (χ1) is 9.67. The Bertz CT molecular complexity index is 660. The highest BCUT2D eigenvalue weighted by atomic mass is 16.2. The van der Waals surface area contributed by atoms with Crippen molar-refractivity contribution in [1.29, 1.82) is 0 Å². The molecule has 5 nitrogen and oxygen atoms in total. The molecule has 3 N–H and O–H groups in total. The number of hydrogen-bond donors (Lipinski definition) is 2. The van der Waals surface area contributed by atoms with Crippen LogP contribution in [0.3, 0.4) is 0 Å². The van der Waals surface area contributed by atoms with E-state index in [9.17, 15) is 4.79 Å². The number of carbonyl (C=O) groups is 1. The number of aryl methyl sites for hydroxylation is 3. The molecule has 1 heterocycles. The number of fused-ring (bicyclic) bond motifs is 1. The van der Waals surface area contributed by atoms with Crippen molar-refractivity contribution >= 4 is 17.3 Å². The molecule has 0 radical (unpaired) electrons. The molecule has 0 bridgehead atoms. The summed E-state index contributed by atoms with van der Waals surface area (Å²) in [7, 11) is 0. The number of amides is 1. The van der Waals surface area contributed by atoms with Gasteiger partial charge >= 0.3 is 0 Å². The van der Waals surface area contributed by atoms with Crippen LogP contribution in [0.5, 0.6) is 0 Å². The predicted octanol–water partition coefficient (Wildman–Crippen LogP) is 2.23. The van der Waals surface area contributed by atoms with Gasteiger partial charge in [0, 0.05) is 18.4 Å². The van der Waals surface area contributed by atoms with E-state index in [1.807, 2.05) is 19.1 Å². The van der Waals surface area contributed by atoms with Gasteiger partial charge in [-0.25, -0.2) is 0 Å². The molecule has 5 heteroatoms. The lowest BCUT2D eigenvalue weighted by Gasteiger charge is -2.06. The molecule has 0 spiro atoms. The zero-order valence-electron chi connectivity index (χ0n) is 11.5. The summed E-state index contributed by atoms with van der Waals surface area (Å²) in [6.45, 7) is 2.64. The minimum Gasteiger partial charge on any atom is -0.396 e. The largest absolute Gasteiger partial charge is 0.396 e. The van der Waals surface area contributed by atoms with Crippen LogP contribution in [0, 0.1) is 0 Å². The number of hydrogen-bond acceptors (Lipinski definition) is 3. The fourth-order valence-corrected chi connectivity index (χ4v) is 2.62. The minimum atomic E-state index is -0.257. The first kappa shape index (κ1) is 12.7. The van der Waals surface area contributed by atoms with Gasteiger partial charge in [0.1, 0.15) is 0 Å². The molecule has 0 aliphatic heterocycles. The molecular weight excluding hydrogens is 252 g/mol. The van der Waals surface area contributed by atoms with Crippen molar-refractivity contribution < 1.29 is 4.79 Å². The van der Waals surface area contributed by atoms with Crippen LogP contribution in [0.4, 0.5) is 11.4 Å². The number of nitrogens with zero attached hydrogens (tertiary/aromatic N) is 2. The van der Waals surface area contributed by atoms with Crippen LogP contribution in [-0.2, 0) is 19.4 Å². The third-order valence-corrected chi connectivity index (χ3v) is 3.69. The minimum absolute atomic E-state index is 0.257. The Hall–Kier alpha value is -2.30. The van der Waals surface area contributed by atoms with Gasteiger partial charge in [-0.3, -0.25) is 9.48 Å². The highest BCUT2D eigenvalue weighted by Gasteiger charge is 2.16. The Balaban J connectivity index is 1.80. The maximum atomic E-state index is 12.2. The maximum absolute atomic E-state index is 12.2. The fraction of sp³-hybridized carbons (Fsp3) is 0.333. The van der Waals surface area contributed by atoms with Crippen molar-refractivity contribution in [3.63, 3.8) is 0 Å². The second-order valence-corrected chi connectivity index (χ2v) is 5.08. The van der Waals surface area contributed by atoms with E-state index in [1.54, 1.807) is 10.9 Å². The summed E-state index contributed by atoms with van der Waals surface area (Å²) in [6.07, 6.45) is 5.10. The summed E-state index contributed by atoms with van der Waals surface area (Å²) in [5.74, 6) is -0.257. The van der Waals surface area contributed by atoms with Crippen LogP contribution in [0.25, 0.3) is 0 Å². The molecular formula is C15H18N4O. The number of carbonyl (C=O) groups excluding carboxylic acids is 1. The monoisotopic (exact) mass is 270 g/mol. The Morgan fingerprint density at radius 1 is 1.40 bits per heavy atom. The zero-order valence-corrected chi connectivity index (χ0v) is 11.5. The summed E-state index contributed by atoms with van der Waals surface area (Å²) in [5, 5.41) is 7.05. The third-order valence-electron chi connectivity index (χ3n) is 3.69. The predicted molar refractivity (Wildman–Crippen MR) is 78.7 cm³/mol. The van der Waals surface area contributed by atoms with Crippen LogP contribution < -0.4 is 11.1 Å². The van der Waals surface area contributed by atoms with Crippen LogP contribution in [0.15, 0.2) is 24.4 Å². The van der Waals surface area contributed by atoms with Crippen molar-refractivity contribution in [2.75, 3.05) is 11.1 Å². The number of anilines is 2. The van der Waals surface area contributed by atoms with Crippen molar-refractivity contribution in [3.8, 4) is 0 Å². The lowest BCUT2D eigenvalue weighted by Crippen LogP contribution is -2.15. The highest BCUT2D eigenvalue weighted by molar-refractivity contribution is 6.06. The van der Waals surface area contributed by atoms with E-state index in [0.29, 0.717) is 12.2 Å². The molecule has 2 aromatic rings. The van der Waals surface area contributed by atoms with E-state index in [2.05, 4.69) is 16.5 Å². The average Bonchev–Trinajstić information content (AvgIpc) is 3.04. The molecule has 1 aromatic heterocycles. The van der Waals surface area contributed by atoms with Crippen molar-refractivity contribution in [2.45, 2.75) is 32.7 Å². The van der Waals surface area contributed by atoms with Crippen molar-refractivity contribution in [1.82, 2.24) is 9.78 Å². The maximum Gasteiger partial charge on any atom is 0.278 e. The Morgan fingerprint density at radius 2 is 2.20 bits per heavy atom. The molecule has 104 valence electrons. The summed E-state index contributed by atoms with van der Waals surface area (Å²) < 4.78 is 1.66. The SMILES string of the molecule is CCn1cc(N)c(C(=O)Nc2ccc3c(c2)CCC3)n1. The van der Waals surface area contributed by atoms with Crippen LogP contribution in [0.1, 0.15) is 35.0 Å². The molecule has 1 aliphatic rings. The topological polar surface area (TPSA) is 72.9 Å². The standard InChI is InChI=1S/C15H18N4O/c1-2-19-9-13(16)14(18-19)15(20)17-12-7-6-10-4-3-5-11(10)8-12/h6-9H,2-5,16H2,1H3,(H,17,20). The highest BCUT2D eigenvalue weighted by Crippen LogP contribution is 2.25. The van der Waals surface area contributed by atoms with Crippen LogP contribution in [0.2, 0.25) is 0 Å². The summed E-state index contributed by atoms with van der Waals surface area (Å²) in [4.78, 5) is 12.2. The molecule has 1 amide bonds. The Morgan fingerprint density at radius 3 is 2.95 bits per heavy atom. The zero-order chi connectivity index (χ0) is 14.1. The summed E-state index contributed by atoms with van der Waals surface area (Å²) >= 11 is 0. The van der Waals surface area contributed by atoms with Gasteiger partial charge in [0.05, 0.1) is 5.69 Å². The number of benzene rings is 1. The normalized spacial score (nSPS) is 13.2. The van der Waals surface area contributed by atoms with Gasteiger partial charge in [-0.2, -0.15) is 5.10 Å². The smallest absolute Gasteiger partial charge is 0.278 e. The molecule has 0 saturated heterocycles. The number of nitrogens with one attached hydrogen (secondary N) is 1. The molecule has 1 aliphatic carbocycles. The molecule has 0 atom stereocenters. The number of nitrogens with two attached hydrogens (primary N) is 1. The van der Waals surface area contributed by atoms with E-state index in [1.165, 1.54) is 17.5 Å². The molecule has 3 rings (SSSR count). The van der Waals surface area contributed by atoms with E-state index < -0.39 is 0 Å². The quantitative estimate of drug-likeness (QED) is 0.898. The Labute approximate surface area is 117 Å². The van der Waals surface area contributed by atoms with Gasteiger partial charge in [-0.05, 0) is 49.4 Å². The fourth-order valence-electron chi connectivity index (χ4n) is 2.62. The van der Waals surface area contributed by atoms with Crippen LogP contribution in [-0.4, -0.2) is 15.7 Å². The first-order valence-electron chi connectivity index (χ1n) is 6.93. The van der Waals surface area contributed by atoms with Gasteiger partial charge in [0.15, 0.2) is 5.69 Å². The Kier molecular flexibility index (Phi) is 3.18. The van der Waals surface area contributed by atoms with Gasteiger partial charge in [0.25, 0.3) is 5.91 Å². The lowest BCUT2D eigenvalue weighted by atomic mass is 10.1. The summed E-state index contributed by atoms with van der Waals surface area (Å²) in [6, 6.07) is 6.08. The second kappa shape index (κ2) is 5.00. The van der Waals surface area contributed by atoms with Gasteiger partial charge in [-0.1, -0.05) is 6.07 Å². The number of aromatic nitrogens is 2. The van der Waals surface area contributed by atoms with Crippen LogP contribution >= 0.6 is 0 Å². The van der Waals surface area contributed by atoms with Gasteiger partial charge in [0.2, 0.25) is 0 Å². The van der Waals surface area contributed by atoms with Gasteiger partial charge < -0.3 is 11.1 Å². The summed E-state index contributed by atoms with van der Waals surface area (Å²) in [5.41, 5.74) is 10.0. The van der Waals surface area contributed by atoms with Crippen molar-refractivity contribution in [2.24, 2.45) is 0 Å². The van der Waals surface area contributed by atoms with Gasteiger partial charge in [-0.15, -0.1) is 0 Å². The lowest BCUT2D eigenvalue weighted by molar-refractivity contribution is 0.102. The average molecular weight is 270 g/mol. The van der Waals surface area contributed by atoms with E-state index in [0.717, 1.165) is 18.5 Å². The van der Waals surface area contributed by atoms with Crippen molar-refractivity contribution in [3.05, 3.63) is 41.2 Å². The molecule has 0 unspecified atom stereocenters. The first-order valence-corrected chi connectivity index (χ1v) is 6.93. The van der Waals surface area contributed by atoms with E-state index in [4.69, 9.17) is 5.73 Å². The second-order valence-electron chi connectivity index (χ2n) is 5.08. The molecule has 20 heavy (non-hydrogen) atoms.